The molecule has 4 rings (SSSR count). The highest BCUT2D eigenvalue weighted by Gasteiger charge is 2.07. The van der Waals surface area contributed by atoms with Crippen molar-refractivity contribution < 1.29 is 4.74 Å². The molecule has 2 aromatic heterocycles. The van der Waals surface area contributed by atoms with Crippen LogP contribution in [0, 0.1) is 0 Å². The SMILES string of the molecule is Clc1ccc(COc2ccc(-c3nn4cnnc4s3)cc2)cc1. The van der Waals surface area contributed by atoms with E-state index in [4.69, 9.17) is 16.3 Å². The summed E-state index contributed by atoms with van der Waals surface area (Å²) in [5.41, 5.74) is 2.10. The van der Waals surface area contributed by atoms with E-state index in [0.717, 1.165) is 31.9 Å². The maximum Gasteiger partial charge on any atom is 0.234 e. The number of nitrogens with zero attached hydrogens (tertiary/aromatic N) is 4. The van der Waals surface area contributed by atoms with E-state index in [1.807, 2.05) is 48.5 Å². The summed E-state index contributed by atoms with van der Waals surface area (Å²) in [6.45, 7) is 0.507. The zero-order chi connectivity index (χ0) is 15.6. The molecule has 0 aliphatic carbocycles. The average Bonchev–Trinajstić information content (AvgIpc) is 3.16. The van der Waals surface area contributed by atoms with Gasteiger partial charge in [-0.2, -0.15) is 9.61 Å². The van der Waals surface area contributed by atoms with Crippen LogP contribution in [0.2, 0.25) is 5.02 Å². The number of hydrogen-bond donors (Lipinski definition) is 0. The largest absolute Gasteiger partial charge is 0.489 e. The van der Waals surface area contributed by atoms with Gasteiger partial charge in [0.1, 0.15) is 23.7 Å². The number of hydrogen-bond acceptors (Lipinski definition) is 5. The van der Waals surface area contributed by atoms with Crippen LogP contribution in [0.4, 0.5) is 0 Å². The normalized spacial score (nSPS) is 11.0. The molecular weight excluding hydrogens is 332 g/mol. The van der Waals surface area contributed by atoms with E-state index < -0.39 is 0 Å². The standard InChI is InChI=1S/C16H11ClN4OS/c17-13-5-1-11(2-6-13)9-22-14-7-3-12(4-8-14)15-20-21-10-18-19-16(21)23-15/h1-8,10H,9H2. The Kier molecular flexibility index (Phi) is 3.69. The predicted octanol–water partition coefficient (Wildman–Crippen LogP) is 4.09. The van der Waals surface area contributed by atoms with Gasteiger partial charge in [0.2, 0.25) is 4.96 Å². The molecule has 23 heavy (non-hydrogen) atoms. The fourth-order valence-corrected chi connectivity index (χ4v) is 3.07. The third kappa shape index (κ3) is 3.04. The van der Waals surface area contributed by atoms with Crippen LogP contribution in [-0.2, 0) is 6.61 Å². The molecular formula is C16H11ClN4OS. The highest BCUT2D eigenvalue weighted by atomic mass is 35.5. The van der Waals surface area contributed by atoms with Crippen LogP contribution in [0.25, 0.3) is 15.5 Å². The van der Waals surface area contributed by atoms with Crippen molar-refractivity contribution >= 4 is 27.9 Å². The van der Waals surface area contributed by atoms with Gasteiger partial charge in [0, 0.05) is 10.6 Å². The average molecular weight is 343 g/mol. The maximum absolute atomic E-state index is 5.87. The molecule has 5 nitrogen and oxygen atoms in total. The van der Waals surface area contributed by atoms with Gasteiger partial charge in [-0.15, -0.1) is 10.2 Å². The summed E-state index contributed by atoms with van der Waals surface area (Å²) >= 11 is 7.37. The Balaban J connectivity index is 1.47. The first-order valence-electron chi connectivity index (χ1n) is 6.92. The van der Waals surface area contributed by atoms with Crippen molar-refractivity contribution in [2.24, 2.45) is 0 Å². The van der Waals surface area contributed by atoms with Crippen molar-refractivity contribution in [3.8, 4) is 16.3 Å². The molecule has 4 aromatic rings. The monoisotopic (exact) mass is 342 g/mol. The van der Waals surface area contributed by atoms with Crippen LogP contribution in [0.3, 0.4) is 0 Å². The molecule has 0 aliphatic heterocycles. The van der Waals surface area contributed by atoms with Crippen LogP contribution in [-0.4, -0.2) is 19.8 Å². The fraction of sp³-hybridized carbons (Fsp3) is 0.0625. The molecule has 0 saturated heterocycles. The minimum atomic E-state index is 0.507. The van der Waals surface area contributed by atoms with Crippen molar-refractivity contribution in [2.45, 2.75) is 6.61 Å². The lowest BCUT2D eigenvalue weighted by molar-refractivity contribution is 0.306. The molecule has 2 aromatic carbocycles. The van der Waals surface area contributed by atoms with Gasteiger partial charge in [0.15, 0.2) is 0 Å². The first-order chi connectivity index (χ1) is 11.3. The van der Waals surface area contributed by atoms with Gasteiger partial charge < -0.3 is 4.74 Å². The Bertz CT molecular complexity index is 902. The van der Waals surface area contributed by atoms with Gasteiger partial charge >= 0.3 is 0 Å². The third-order valence-electron chi connectivity index (χ3n) is 3.31. The lowest BCUT2D eigenvalue weighted by atomic mass is 10.2. The van der Waals surface area contributed by atoms with Gasteiger partial charge in [0.05, 0.1) is 0 Å². The van der Waals surface area contributed by atoms with Crippen molar-refractivity contribution in [1.29, 1.82) is 0 Å². The Labute approximate surface area is 141 Å². The Morgan fingerprint density at radius 1 is 1.04 bits per heavy atom. The molecule has 0 N–H and O–H groups in total. The Morgan fingerprint density at radius 2 is 1.83 bits per heavy atom. The van der Waals surface area contributed by atoms with E-state index >= 15 is 0 Å². The zero-order valence-corrected chi connectivity index (χ0v) is 13.5. The fourth-order valence-electron chi connectivity index (χ4n) is 2.12. The summed E-state index contributed by atoms with van der Waals surface area (Å²) < 4.78 is 7.45. The van der Waals surface area contributed by atoms with E-state index in [9.17, 15) is 0 Å². The van der Waals surface area contributed by atoms with Gasteiger partial charge in [0.25, 0.3) is 0 Å². The molecule has 0 amide bonds. The molecule has 7 heteroatoms. The second-order valence-electron chi connectivity index (χ2n) is 4.90. The van der Waals surface area contributed by atoms with Gasteiger partial charge in [-0.05, 0) is 42.0 Å². The second-order valence-corrected chi connectivity index (χ2v) is 6.30. The van der Waals surface area contributed by atoms with Crippen molar-refractivity contribution in [1.82, 2.24) is 19.8 Å². The van der Waals surface area contributed by atoms with Gasteiger partial charge in [-0.3, -0.25) is 0 Å². The molecule has 0 bridgehead atoms. The summed E-state index contributed by atoms with van der Waals surface area (Å²) in [6.07, 6.45) is 1.60. The molecule has 0 radical (unpaired) electrons. The zero-order valence-electron chi connectivity index (χ0n) is 11.9. The lowest BCUT2D eigenvalue weighted by Crippen LogP contribution is -1.94. The minimum absolute atomic E-state index is 0.507. The summed E-state index contributed by atoms with van der Waals surface area (Å²) in [6, 6.07) is 15.5. The van der Waals surface area contributed by atoms with Gasteiger partial charge in [-0.25, -0.2) is 0 Å². The van der Waals surface area contributed by atoms with Crippen LogP contribution in [0.15, 0.2) is 54.9 Å². The second kappa shape index (κ2) is 5.98. The van der Waals surface area contributed by atoms with E-state index in [1.165, 1.54) is 11.3 Å². The molecule has 0 fully saturated rings. The predicted molar refractivity (Wildman–Crippen MR) is 89.9 cm³/mol. The molecule has 0 unspecified atom stereocenters. The minimum Gasteiger partial charge on any atom is -0.489 e. The number of aromatic nitrogens is 4. The van der Waals surface area contributed by atoms with Crippen LogP contribution in [0.1, 0.15) is 5.56 Å². The smallest absolute Gasteiger partial charge is 0.234 e. The number of fused-ring (bicyclic) bond motifs is 1. The highest BCUT2D eigenvalue weighted by molar-refractivity contribution is 7.19. The van der Waals surface area contributed by atoms with E-state index in [-0.39, 0.29) is 0 Å². The lowest BCUT2D eigenvalue weighted by Gasteiger charge is -2.06. The Hall–Kier alpha value is -2.44. The van der Waals surface area contributed by atoms with Crippen LogP contribution < -0.4 is 4.74 Å². The summed E-state index contributed by atoms with van der Waals surface area (Å²) in [5.74, 6) is 0.812. The first-order valence-corrected chi connectivity index (χ1v) is 8.12. The summed E-state index contributed by atoms with van der Waals surface area (Å²) in [4.78, 5) is 0.781. The van der Waals surface area contributed by atoms with Crippen molar-refractivity contribution in [3.05, 3.63) is 65.4 Å². The molecule has 0 spiro atoms. The highest BCUT2D eigenvalue weighted by Crippen LogP contribution is 2.26. The first kappa shape index (κ1) is 14.2. The summed E-state index contributed by atoms with van der Waals surface area (Å²) in [5, 5.41) is 13.8. The topological polar surface area (TPSA) is 52.3 Å². The molecule has 2 heterocycles. The Morgan fingerprint density at radius 3 is 2.57 bits per heavy atom. The molecule has 0 atom stereocenters. The summed E-state index contributed by atoms with van der Waals surface area (Å²) in [7, 11) is 0. The maximum atomic E-state index is 5.87. The molecule has 0 aliphatic rings. The number of rotatable bonds is 4. The van der Waals surface area contributed by atoms with E-state index in [1.54, 1.807) is 10.8 Å². The number of ether oxygens (including phenoxy) is 1. The number of benzene rings is 2. The number of halogens is 1. The van der Waals surface area contributed by atoms with Gasteiger partial charge in [-0.1, -0.05) is 35.1 Å². The molecule has 114 valence electrons. The third-order valence-corrected chi connectivity index (χ3v) is 4.52. The van der Waals surface area contributed by atoms with Crippen LogP contribution >= 0.6 is 22.9 Å². The van der Waals surface area contributed by atoms with E-state index in [0.29, 0.717) is 6.61 Å². The van der Waals surface area contributed by atoms with E-state index in [2.05, 4.69) is 15.3 Å². The molecule has 0 saturated carbocycles. The van der Waals surface area contributed by atoms with Crippen LogP contribution in [0.5, 0.6) is 5.75 Å². The van der Waals surface area contributed by atoms with Crippen molar-refractivity contribution in [2.75, 3.05) is 0 Å². The quantitative estimate of drug-likeness (QED) is 0.560. The van der Waals surface area contributed by atoms with Crippen molar-refractivity contribution in [3.63, 3.8) is 0 Å².